The molecular weight excluding hydrogens is 216 g/mol. The van der Waals surface area contributed by atoms with Crippen molar-refractivity contribution in [3.63, 3.8) is 0 Å². The lowest BCUT2D eigenvalue weighted by molar-refractivity contribution is 0.105. The highest BCUT2D eigenvalue weighted by atomic mass is 18.2. The molecule has 3 heteroatoms. The zero-order valence-corrected chi connectivity index (χ0v) is 9.86. The summed E-state index contributed by atoms with van der Waals surface area (Å²) < 4.78 is 19.0. The summed E-state index contributed by atoms with van der Waals surface area (Å²) in [6, 6.07) is 5.04. The first-order chi connectivity index (χ1) is 8.28. The van der Waals surface area contributed by atoms with E-state index in [1.165, 1.54) is 18.9 Å². The Balaban J connectivity index is 1.75. The number of hydrogen-bond donors (Lipinski definition) is 1. The molecule has 2 nitrogen and oxygen atoms in total. The lowest BCUT2D eigenvalue weighted by atomic mass is 10.0. The second-order valence-electron chi connectivity index (χ2n) is 5.19. The van der Waals surface area contributed by atoms with Crippen LogP contribution in [0.4, 0.5) is 4.39 Å². The Morgan fingerprint density at radius 3 is 2.82 bits per heavy atom. The van der Waals surface area contributed by atoms with Crippen molar-refractivity contribution < 1.29 is 9.13 Å². The largest absolute Gasteiger partial charge is 0.374 e. The smallest absolute Gasteiger partial charge is 0.123 e. The van der Waals surface area contributed by atoms with Crippen LogP contribution in [0.25, 0.3) is 0 Å². The van der Waals surface area contributed by atoms with E-state index in [9.17, 15) is 4.39 Å². The quantitative estimate of drug-likeness (QED) is 0.849. The van der Waals surface area contributed by atoms with Gasteiger partial charge in [0, 0.05) is 0 Å². The molecular formula is C14H18FNO. The first kappa shape index (κ1) is 11.2. The van der Waals surface area contributed by atoms with E-state index in [0.717, 1.165) is 17.5 Å². The van der Waals surface area contributed by atoms with Crippen LogP contribution in [0.3, 0.4) is 0 Å². The zero-order valence-electron chi connectivity index (χ0n) is 9.86. The molecule has 2 aliphatic rings. The molecule has 92 valence electrons. The maximum absolute atomic E-state index is 13.3. The SMILES string of the molecule is NC[C@H]1C[C@@H]1c1cc([18F])ccc1COC1CC1. The molecule has 3 rings (SSSR count). The normalized spacial score (nSPS) is 27.2. The summed E-state index contributed by atoms with van der Waals surface area (Å²) in [4.78, 5) is 0. The molecule has 2 N–H and O–H groups in total. The van der Waals surface area contributed by atoms with Crippen LogP contribution >= 0.6 is 0 Å². The van der Waals surface area contributed by atoms with Gasteiger partial charge in [-0.25, -0.2) is 4.39 Å². The monoisotopic (exact) mass is 234 g/mol. The fraction of sp³-hybridized carbons (Fsp3) is 0.571. The number of ether oxygens (including phenoxy) is 1. The number of rotatable bonds is 5. The van der Waals surface area contributed by atoms with Crippen molar-refractivity contribution in [3.05, 3.63) is 35.1 Å². The molecule has 0 unspecified atom stereocenters. The molecule has 0 amide bonds. The van der Waals surface area contributed by atoms with Crippen LogP contribution in [-0.2, 0) is 11.3 Å². The van der Waals surface area contributed by atoms with Crippen molar-refractivity contribution in [2.24, 2.45) is 11.7 Å². The van der Waals surface area contributed by atoms with Crippen LogP contribution in [0.15, 0.2) is 18.2 Å². The van der Waals surface area contributed by atoms with Gasteiger partial charge in [-0.1, -0.05) is 6.07 Å². The number of nitrogens with two attached hydrogens (primary N) is 1. The summed E-state index contributed by atoms with van der Waals surface area (Å²) in [5.74, 6) is 0.836. The third-order valence-electron chi connectivity index (χ3n) is 3.73. The molecule has 0 heterocycles. The Morgan fingerprint density at radius 2 is 2.18 bits per heavy atom. The van der Waals surface area contributed by atoms with Gasteiger partial charge >= 0.3 is 0 Å². The summed E-state index contributed by atoms with van der Waals surface area (Å²) in [6.45, 7) is 1.32. The van der Waals surface area contributed by atoms with E-state index in [-0.39, 0.29) is 5.82 Å². The Morgan fingerprint density at radius 1 is 1.35 bits per heavy atom. The second-order valence-corrected chi connectivity index (χ2v) is 5.19. The minimum absolute atomic E-state index is 0.155. The van der Waals surface area contributed by atoms with Crippen LogP contribution in [0, 0.1) is 11.7 Å². The molecule has 17 heavy (non-hydrogen) atoms. The summed E-state index contributed by atoms with van der Waals surface area (Å²) in [5.41, 5.74) is 7.91. The van der Waals surface area contributed by atoms with Crippen LogP contribution in [0.5, 0.6) is 0 Å². The van der Waals surface area contributed by atoms with Crippen molar-refractivity contribution in [3.8, 4) is 0 Å². The molecule has 0 aromatic heterocycles. The Labute approximate surface area is 101 Å². The van der Waals surface area contributed by atoms with E-state index in [0.29, 0.717) is 31.1 Å². The maximum atomic E-state index is 13.3. The van der Waals surface area contributed by atoms with Crippen molar-refractivity contribution in [1.82, 2.24) is 0 Å². The lowest BCUT2D eigenvalue weighted by Crippen LogP contribution is -2.04. The van der Waals surface area contributed by atoms with Gasteiger partial charge in [0.15, 0.2) is 0 Å². The summed E-state index contributed by atoms with van der Waals surface area (Å²) in [6.07, 6.45) is 3.88. The topological polar surface area (TPSA) is 35.2 Å². The highest BCUT2D eigenvalue weighted by Gasteiger charge is 2.38. The van der Waals surface area contributed by atoms with Gasteiger partial charge in [0.2, 0.25) is 0 Å². The molecule has 2 fully saturated rings. The molecule has 0 spiro atoms. The van der Waals surface area contributed by atoms with Crippen LogP contribution in [-0.4, -0.2) is 12.6 Å². The first-order valence-electron chi connectivity index (χ1n) is 6.38. The van der Waals surface area contributed by atoms with E-state index in [1.54, 1.807) is 6.07 Å². The van der Waals surface area contributed by atoms with E-state index in [4.69, 9.17) is 10.5 Å². The van der Waals surface area contributed by atoms with Crippen molar-refractivity contribution in [2.75, 3.05) is 6.54 Å². The maximum Gasteiger partial charge on any atom is 0.123 e. The van der Waals surface area contributed by atoms with E-state index < -0.39 is 0 Å². The van der Waals surface area contributed by atoms with Gasteiger partial charge < -0.3 is 10.5 Å². The molecule has 2 aliphatic carbocycles. The summed E-state index contributed by atoms with van der Waals surface area (Å²) in [7, 11) is 0. The molecule has 2 saturated carbocycles. The molecule has 0 aliphatic heterocycles. The predicted molar refractivity (Wildman–Crippen MR) is 64.1 cm³/mol. The minimum atomic E-state index is -0.155. The predicted octanol–water partition coefficient (Wildman–Crippen LogP) is 2.57. The van der Waals surface area contributed by atoms with E-state index >= 15 is 0 Å². The third-order valence-corrected chi connectivity index (χ3v) is 3.73. The van der Waals surface area contributed by atoms with Gasteiger partial charge in [-0.05, 0) is 60.9 Å². The van der Waals surface area contributed by atoms with Gasteiger partial charge in [0.25, 0.3) is 0 Å². The average Bonchev–Trinajstić information content (AvgIpc) is 3.21. The highest BCUT2D eigenvalue weighted by Crippen LogP contribution is 2.48. The Bertz CT molecular complexity index is 417. The van der Waals surface area contributed by atoms with E-state index in [1.807, 2.05) is 6.07 Å². The van der Waals surface area contributed by atoms with E-state index in [2.05, 4.69) is 0 Å². The van der Waals surface area contributed by atoms with Crippen LogP contribution in [0.2, 0.25) is 0 Å². The molecule has 1 aromatic carbocycles. The second kappa shape index (κ2) is 4.39. The van der Waals surface area contributed by atoms with Crippen LogP contribution in [0.1, 0.15) is 36.3 Å². The summed E-state index contributed by atoms with van der Waals surface area (Å²) in [5, 5.41) is 0. The molecule has 0 saturated heterocycles. The summed E-state index contributed by atoms with van der Waals surface area (Å²) >= 11 is 0. The minimum Gasteiger partial charge on any atom is -0.374 e. The zero-order chi connectivity index (χ0) is 11.8. The third kappa shape index (κ3) is 2.50. The van der Waals surface area contributed by atoms with Gasteiger partial charge in [-0.3, -0.25) is 0 Å². The fourth-order valence-corrected chi connectivity index (χ4v) is 2.37. The standard InChI is InChI=1S/C14H18FNO/c15-11-2-1-9(8-17-12-3-4-12)14(6-11)13-5-10(13)7-16/h1-2,6,10,12-13H,3-5,7-8,16H2/t10-,13+/m1/s1/i15-1. The molecule has 2 atom stereocenters. The molecule has 1 aromatic rings. The van der Waals surface area contributed by atoms with Gasteiger partial charge in [0.1, 0.15) is 5.82 Å². The number of halogens is 1. The van der Waals surface area contributed by atoms with Crippen molar-refractivity contribution in [2.45, 2.75) is 37.9 Å². The van der Waals surface area contributed by atoms with Crippen molar-refractivity contribution >= 4 is 0 Å². The van der Waals surface area contributed by atoms with Crippen LogP contribution < -0.4 is 5.73 Å². The Hall–Kier alpha value is -0.930. The highest BCUT2D eigenvalue weighted by molar-refractivity contribution is 5.35. The average molecular weight is 234 g/mol. The van der Waals surface area contributed by atoms with Crippen molar-refractivity contribution in [1.29, 1.82) is 0 Å². The first-order valence-corrected chi connectivity index (χ1v) is 6.38. The van der Waals surface area contributed by atoms with Gasteiger partial charge in [0.05, 0.1) is 12.7 Å². The fourth-order valence-electron chi connectivity index (χ4n) is 2.37. The number of hydrogen-bond acceptors (Lipinski definition) is 2. The van der Waals surface area contributed by atoms with Gasteiger partial charge in [-0.15, -0.1) is 0 Å². The Kier molecular flexibility index (Phi) is 2.89. The number of benzene rings is 1. The van der Waals surface area contributed by atoms with Gasteiger partial charge in [-0.2, -0.15) is 0 Å². The molecule has 0 bridgehead atoms. The molecule has 0 radical (unpaired) electrons. The lowest BCUT2D eigenvalue weighted by Gasteiger charge is -2.10.